The van der Waals surface area contributed by atoms with E-state index in [1.807, 2.05) is 31.3 Å². The predicted octanol–water partition coefficient (Wildman–Crippen LogP) is 3.11. The molecule has 1 N–H and O–H groups in total. The van der Waals surface area contributed by atoms with Crippen LogP contribution in [0, 0.1) is 0 Å². The van der Waals surface area contributed by atoms with Crippen LogP contribution in [0.3, 0.4) is 0 Å². The summed E-state index contributed by atoms with van der Waals surface area (Å²) in [6.45, 7) is 0.606. The number of likely N-dealkylation sites (N-methyl/N-ethyl adjacent to an activating group) is 2. The fourth-order valence-corrected chi connectivity index (χ4v) is 2.94. The third-order valence-electron chi connectivity index (χ3n) is 4.15. The Kier molecular flexibility index (Phi) is 6.44. The Morgan fingerprint density at radius 3 is 2.26 bits per heavy atom. The zero-order valence-electron chi connectivity index (χ0n) is 14.3. The second-order valence-electron chi connectivity index (χ2n) is 5.48. The summed E-state index contributed by atoms with van der Waals surface area (Å²) in [5.74, 6) is 0.860. The summed E-state index contributed by atoms with van der Waals surface area (Å²) >= 11 is 0. The minimum atomic E-state index is 0.128. The van der Waals surface area contributed by atoms with Crippen molar-refractivity contribution >= 4 is 5.69 Å². The summed E-state index contributed by atoms with van der Waals surface area (Å²) < 4.78 is 11.0. The standard InChI is InChI=1S/C19H26N2O2/c1-20-19(15-10-6-5-7-11-15)17(14-22-3)21(2)16-12-8-9-13-18(16)23-4/h5-13,17,19-20H,14H2,1-4H3. The molecular weight excluding hydrogens is 288 g/mol. The monoisotopic (exact) mass is 314 g/mol. The summed E-state index contributed by atoms with van der Waals surface area (Å²) in [6.07, 6.45) is 0. The molecule has 0 saturated heterocycles. The first kappa shape index (κ1) is 17.3. The van der Waals surface area contributed by atoms with Gasteiger partial charge in [-0.2, -0.15) is 0 Å². The maximum absolute atomic E-state index is 5.51. The summed E-state index contributed by atoms with van der Waals surface area (Å²) in [4.78, 5) is 2.22. The highest BCUT2D eigenvalue weighted by Crippen LogP contribution is 2.31. The minimum Gasteiger partial charge on any atom is -0.495 e. The number of ether oxygens (including phenoxy) is 2. The lowest BCUT2D eigenvalue weighted by Crippen LogP contribution is -2.45. The number of hydrogen-bond donors (Lipinski definition) is 1. The first-order valence-corrected chi connectivity index (χ1v) is 7.80. The van der Waals surface area contributed by atoms with E-state index in [-0.39, 0.29) is 12.1 Å². The molecule has 2 unspecified atom stereocenters. The molecule has 2 aromatic carbocycles. The van der Waals surface area contributed by atoms with E-state index < -0.39 is 0 Å². The Balaban J connectivity index is 2.36. The number of para-hydroxylation sites is 2. The van der Waals surface area contributed by atoms with Crippen molar-refractivity contribution in [2.45, 2.75) is 12.1 Å². The van der Waals surface area contributed by atoms with E-state index in [1.54, 1.807) is 14.2 Å². The van der Waals surface area contributed by atoms with Gasteiger partial charge in [0, 0.05) is 14.2 Å². The fraction of sp³-hybridized carbons (Fsp3) is 0.368. The molecule has 4 nitrogen and oxygen atoms in total. The Morgan fingerprint density at radius 2 is 1.65 bits per heavy atom. The topological polar surface area (TPSA) is 33.7 Å². The quantitative estimate of drug-likeness (QED) is 0.812. The van der Waals surface area contributed by atoms with Gasteiger partial charge in [-0.05, 0) is 24.7 Å². The number of nitrogens with one attached hydrogen (secondary N) is 1. The molecule has 124 valence electrons. The van der Waals surface area contributed by atoms with Gasteiger partial charge in [0.2, 0.25) is 0 Å². The summed E-state index contributed by atoms with van der Waals surface area (Å²) in [7, 11) is 7.50. The molecule has 0 spiro atoms. The number of rotatable bonds is 8. The van der Waals surface area contributed by atoms with Crippen LogP contribution in [0.5, 0.6) is 5.75 Å². The van der Waals surface area contributed by atoms with Gasteiger partial charge in [0.05, 0.1) is 31.5 Å². The van der Waals surface area contributed by atoms with Crippen molar-refractivity contribution in [3.05, 3.63) is 60.2 Å². The molecule has 4 heteroatoms. The van der Waals surface area contributed by atoms with Crippen molar-refractivity contribution in [3.63, 3.8) is 0 Å². The lowest BCUT2D eigenvalue weighted by atomic mass is 9.98. The Morgan fingerprint density at radius 1 is 1.00 bits per heavy atom. The molecule has 0 fully saturated rings. The molecule has 0 bridgehead atoms. The number of benzene rings is 2. The average Bonchev–Trinajstić information content (AvgIpc) is 2.62. The van der Waals surface area contributed by atoms with E-state index in [2.05, 4.69) is 47.6 Å². The molecule has 0 aliphatic rings. The van der Waals surface area contributed by atoms with Gasteiger partial charge < -0.3 is 19.7 Å². The summed E-state index contributed by atoms with van der Waals surface area (Å²) in [6, 6.07) is 18.8. The van der Waals surface area contributed by atoms with Crippen LogP contribution in [0.15, 0.2) is 54.6 Å². The lowest BCUT2D eigenvalue weighted by Gasteiger charge is -2.36. The average molecular weight is 314 g/mol. The molecule has 23 heavy (non-hydrogen) atoms. The van der Waals surface area contributed by atoms with E-state index >= 15 is 0 Å². The van der Waals surface area contributed by atoms with Crippen LogP contribution in [0.4, 0.5) is 5.69 Å². The Bertz CT molecular complexity index is 589. The molecule has 2 rings (SSSR count). The van der Waals surface area contributed by atoms with Crippen LogP contribution in [0.2, 0.25) is 0 Å². The molecule has 2 atom stereocenters. The smallest absolute Gasteiger partial charge is 0.142 e. The molecule has 0 radical (unpaired) electrons. The summed E-state index contributed by atoms with van der Waals surface area (Å²) in [5.41, 5.74) is 2.28. The second kappa shape index (κ2) is 8.56. The zero-order chi connectivity index (χ0) is 16.7. The minimum absolute atomic E-state index is 0.128. The molecule has 0 aliphatic heterocycles. The SMILES string of the molecule is CNC(c1ccccc1)C(COC)N(C)c1ccccc1OC. The van der Waals surface area contributed by atoms with Gasteiger partial charge in [-0.15, -0.1) is 0 Å². The van der Waals surface area contributed by atoms with Crippen LogP contribution < -0.4 is 15.0 Å². The molecule has 2 aromatic rings. The van der Waals surface area contributed by atoms with Gasteiger partial charge >= 0.3 is 0 Å². The van der Waals surface area contributed by atoms with Gasteiger partial charge in [-0.25, -0.2) is 0 Å². The van der Waals surface area contributed by atoms with Crippen LogP contribution >= 0.6 is 0 Å². The molecule has 0 amide bonds. The largest absolute Gasteiger partial charge is 0.495 e. The van der Waals surface area contributed by atoms with Crippen LogP contribution in [0.25, 0.3) is 0 Å². The Hall–Kier alpha value is -2.04. The summed E-state index contributed by atoms with van der Waals surface area (Å²) in [5, 5.41) is 3.43. The van der Waals surface area contributed by atoms with Crippen molar-refractivity contribution in [1.82, 2.24) is 5.32 Å². The van der Waals surface area contributed by atoms with E-state index in [9.17, 15) is 0 Å². The van der Waals surface area contributed by atoms with Crippen molar-refractivity contribution < 1.29 is 9.47 Å². The van der Waals surface area contributed by atoms with Crippen molar-refractivity contribution in [2.24, 2.45) is 0 Å². The molecule has 0 heterocycles. The van der Waals surface area contributed by atoms with Gasteiger partial charge in [0.1, 0.15) is 5.75 Å². The number of methoxy groups -OCH3 is 2. The normalized spacial score (nSPS) is 13.4. The first-order chi connectivity index (χ1) is 11.2. The maximum atomic E-state index is 5.51. The van der Waals surface area contributed by atoms with Crippen molar-refractivity contribution in [1.29, 1.82) is 0 Å². The number of nitrogens with zero attached hydrogens (tertiary/aromatic N) is 1. The highest BCUT2D eigenvalue weighted by molar-refractivity contribution is 5.59. The Labute approximate surface area is 139 Å². The lowest BCUT2D eigenvalue weighted by molar-refractivity contribution is 0.163. The predicted molar refractivity (Wildman–Crippen MR) is 95.3 cm³/mol. The number of anilines is 1. The third-order valence-corrected chi connectivity index (χ3v) is 4.15. The van der Waals surface area contributed by atoms with Gasteiger partial charge in [-0.1, -0.05) is 42.5 Å². The highest BCUT2D eigenvalue weighted by atomic mass is 16.5. The zero-order valence-corrected chi connectivity index (χ0v) is 14.3. The van der Waals surface area contributed by atoms with E-state index in [4.69, 9.17) is 9.47 Å². The fourth-order valence-electron chi connectivity index (χ4n) is 2.94. The number of hydrogen-bond acceptors (Lipinski definition) is 4. The van der Waals surface area contributed by atoms with Gasteiger partial charge in [0.15, 0.2) is 0 Å². The maximum Gasteiger partial charge on any atom is 0.142 e. The highest BCUT2D eigenvalue weighted by Gasteiger charge is 2.27. The van der Waals surface area contributed by atoms with Gasteiger partial charge in [0.25, 0.3) is 0 Å². The molecule has 0 aliphatic carbocycles. The van der Waals surface area contributed by atoms with E-state index in [1.165, 1.54) is 5.56 Å². The first-order valence-electron chi connectivity index (χ1n) is 7.80. The van der Waals surface area contributed by atoms with E-state index in [0.29, 0.717) is 6.61 Å². The molecule has 0 saturated carbocycles. The third kappa shape index (κ3) is 4.03. The van der Waals surface area contributed by atoms with E-state index in [0.717, 1.165) is 11.4 Å². The van der Waals surface area contributed by atoms with Crippen molar-refractivity contribution in [3.8, 4) is 5.75 Å². The van der Waals surface area contributed by atoms with Crippen LogP contribution in [-0.2, 0) is 4.74 Å². The second-order valence-corrected chi connectivity index (χ2v) is 5.48. The van der Waals surface area contributed by atoms with Crippen LogP contribution in [-0.4, -0.2) is 41.0 Å². The van der Waals surface area contributed by atoms with Crippen LogP contribution in [0.1, 0.15) is 11.6 Å². The molecule has 0 aromatic heterocycles. The van der Waals surface area contributed by atoms with Crippen molar-refractivity contribution in [2.75, 3.05) is 39.8 Å². The van der Waals surface area contributed by atoms with Gasteiger partial charge in [-0.3, -0.25) is 0 Å². The molecular formula is C19H26N2O2.